The van der Waals surface area contributed by atoms with Crippen LogP contribution in [0.25, 0.3) is 10.8 Å². The van der Waals surface area contributed by atoms with Crippen LogP contribution in [0.4, 0.5) is 17.2 Å². The van der Waals surface area contributed by atoms with Crippen molar-refractivity contribution >= 4 is 41.3 Å². The van der Waals surface area contributed by atoms with Crippen molar-refractivity contribution in [2.24, 2.45) is 5.92 Å². The molecule has 1 aromatic heterocycles. The van der Waals surface area contributed by atoms with E-state index in [9.17, 15) is 0 Å². The van der Waals surface area contributed by atoms with Gasteiger partial charge in [0.1, 0.15) is 13.7 Å². The Labute approximate surface area is 179 Å². The van der Waals surface area contributed by atoms with Gasteiger partial charge in [-0.3, -0.25) is 0 Å². The van der Waals surface area contributed by atoms with E-state index in [1.165, 1.54) is 30.4 Å². The second kappa shape index (κ2) is 8.23. The summed E-state index contributed by atoms with van der Waals surface area (Å²) in [6.07, 6.45) is 5.42. The second-order valence-electron chi connectivity index (χ2n) is 8.10. The standard InChI is InChI=1S/C26H24BN3/c27-22-8-7-20-13-14-28-26(25(20)16-22)30-24-11-9-23(10-12-24)29-17-18-5-6-19-3-1-2-4-21(19)15-18/h1-4,7-14,16,18,29H,5-6,15,17H2,(H,28,30). The molecule has 1 aliphatic carbocycles. The number of nitrogens with one attached hydrogen (secondary N) is 2. The van der Waals surface area contributed by atoms with Gasteiger partial charge in [0.05, 0.1) is 0 Å². The maximum absolute atomic E-state index is 5.96. The zero-order chi connectivity index (χ0) is 20.3. The largest absolute Gasteiger partial charge is 0.385 e. The van der Waals surface area contributed by atoms with Crippen LogP contribution in [0.3, 0.4) is 0 Å². The monoisotopic (exact) mass is 389 g/mol. The first-order valence-electron chi connectivity index (χ1n) is 10.6. The number of pyridine rings is 1. The molecule has 0 fully saturated rings. The average Bonchev–Trinajstić information content (AvgIpc) is 2.79. The van der Waals surface area contributed by atoms with E-state index in [0.717, 1.165) is 40.0 Å². The summed E-state index contributed by atoms with van der Waals surface area (Å²) < 4.78 is 0. The van der Waals surface area contributed by atoms with Crippen molar-refractivity contribution in [3.05, 3.63) is 90.1 Å². The molecule has 5 rings (SSSR count). The topological polar surface area (TPSA) is 37.0 Å². The second-order valence-corrected chi connectivity index (χ2v) is 8.10. The maximum atomic E-state index is 5.96. The molecule has 3 aromatic carbocycles. The van der Waals surface area contributed by atoms with Crippen molar-refractivity contribution in [3.63, 3.8) is 0 Å². The van der Waals surface area contributed by atoms with E-state index < -0.39 is 0 Å². The minimum Gasteiger partial charge on any atom is -0.385 e. The van der Waals surface area contributed by atoms with Gasteiger partial charge in [-0.05, 0) is 72.0 Å². The van der Waals surface area contributed by atoms with Crippen LogP contribution in [-0.4, -0.2) is 19.4 Å². The third-order valence-electron chi connectivity index (χ3n) is 5.98. The molecule has 1 unspecified atom stereocenters. The van der Waals surface area contributed by atoms with Crippen molar-refractivity contribution < 1.29 is 0 Å². The molecule has 3 nitrogen and oxygen atoms in total. The molecule has 2 radical (unpaired) electrons. The molecule has 0 saturated heterocycles. The lowest BCUT2D eigenvalue weighted by atomic mass is 9.84. The zero-order valence-corrected chi connectivity index (χ0v) is 16.9. The van der Waals surface area contributed by atoms with Crippen LogP contribution in [0.2, 0.25) is 0 Å². The van der Waals surface area contributed by atoms with Crippen molar-refractivity contribution in [3.8, 4) is 0 Å². The number of benzene rings is 3. The van der Waals surface area contributed by atoms with Crippen LogP contribution in [0, 0.1) is 5.92 Å². The first-order valence-corrected chi connectivity index (χ1v) is 10.6. The highest BCUT2D eigenvalue weighted by Crippen LogP contribution is 2.27. The number of rotatable bonds is 5. The fourth-order valence-corrected chi connectivity index (χ4v) is 4.30. The Kier molecular flexibility index (Phi) is 5.14. The quantitative estimate of drug-likeness (QED) is 0.472. The van der Waals surface area contributed by atoms with E-state index in [-0.39, 0.29) is 0 Å². The van der Waals surface area contributed by atoms with Gasteiger partial charge in [0.25, 0.3) is 0 Å². The van der Waals surface area contributed by atoms with E-state index in [1.807, 2.05) is 30.5 Å². The summed E-state index contributed by atoms with van der Waals surface area (Å²) in [5.74, 6) is 1.50. The lowest BCUT2D eigenvalue weighted by molar-refractivity contribution is 0.481. The highest BCUT2D eigenvalue weighted by Gasteiger charge is 2.17. The minimum absolute atomic E-state index is 0.683. The van der Waals surface area contributed by atoms with E-state index in [4.69, 9.17) is 7.85 Å². The molecule has 2 N–H and O–H groups in total. The fourth-order valence-electron chi connectivity index (χ4n) is 4.30. The van der Waals surface area contributed by atoms with Crippen molar-refractivity contribution in [1.82, 2.24) is 4.98 Å². The molecule has 0 aliphatic heterocycles. The molecule has 1 atom stereocenters. The lowest BCUT2D eigenvalue weighted by Crippen LogP contribution is -2.21. The predicted molar refractivity (Wildman–Crippen MR) is 127 cm³/mol. The Bertz CT molecular complexity index is 1170. The Morgan fingerprint density at radius 3 is 2.57 bits per heavy atom. The first-order chi connectivity index (χ1) is 14.7. The molecule has 4 heteroatoms. The summed E-state index contributed by atoms with van der Waals surface area (Å²) in [4.78, 5) is 4.50. The zero-order valence-electron chi connectivity index (χ0n) is 16.9. The molecule has 0 bridgehead atoms. The number of hydrogen-bond donors (Lipinski definition) is 2. The highest BCUT2D eigenvalue weighted by molar-refractivity contribution is 6.33. The van der Waals surface area contributed by atoms with Gasteiger partial charge in [0.2, 0.25) is 0 Å². The third kappa shape index (κ3) is 4.04. The molecule has 0 spiro atoms. The van der Waals surface area contributed by atoms with Gasteiger partial charge in [-0.15, -0.1) is 0 Å². The number of nitrogens with zero attached hydrogens (tertiary/aromatic N) is 1. The van der Waals surface area contributed by atoms with Crippen molar-refractivity contribution in [2.75, 3.05) is 17.2 Å². The van der Waals surface area contributed by atoms with Gasteiger partial charge in [0.15, 0.2) is 0 Å². The number of fused-ring (bicyclic) bond motifs is 2. The van der Waals surface area contributed by atoms with Crippen LogP contribution in [0.5, 0.6) is 0 Å². The van der Waals surface area contributed by atoms with Crippen molar-refractivity contribution in [1.29, 1.82) is 0 Å². The third-order valence-corrected chi connectivity index (χ3v) is 5.98. The smallest absolute Gasteiger partial charge is 0.138 e. The number of hydrogen-bond acceptors (Lipinski definition) is 3. The molecule has 4 aromatic rings. The van der Waals surface area contributed by atoms with E-state index in [2.05, 4.69) is 64.1 Å². The van der Waals surface area contributed by atoms with Gasteiger partial charge < -0.3 is 10.6 Å². The molecule has 0 saturated carbocycles. The summed E-state index contributed by atoms with van der Waals surface area (Å²) in [6.45, 7) is 1.01. The van der Waals surface area contributed by atoms with Crippen LogP contribution < -0.4 is 16.1 Å². The van der Waals surface area contributed by atoms with Gasteiger partial charge in [-0.1, -0.05) is 47.9 Å². The van der Waals surface area contributed by atoms with Gasteiger partial charge in [0, 0.05) is 29.5 Å². The normalized spacial score (nSPS) is 15.5. The summed E-state index contributed by atoms with van der Waals surface area (Å²) in [5, 5.41) is 9.18. The summed E-state index contributed by atoms with van der Waals surface area (Å²) in [7, 11) is 5.96. The summed E-state index contributed by atoms with van der Waals surface area (Å²) in [5.41, 5.74) is 5.93. The van der Waals surface area contributed by atoms with E-state index in [1.54, 1.807) is 0 Å². The van der Waals surface area contributed by atoms with Crippen LogP contribution in [-0.2, 0) is 12.8 Å². The lowest BCUT2D eigenvalue weighted by Gasteiger charge is -2.25. The molecule has 146 valence electrons. The predicted octanol–water partition coefficient (Wildman–Crippen LogP) is 4.99. The molecule has 1 aliphatic rings. The Balaban J connectivity index is 1.23. The Morgan fingerprint density at radius 1 is 0.900 bits per heavy atom. The summed E-state index contributed by atoms with van der Waals surface area (Å²) in [6, 6.07) is 25.2. The maximum Gasteiger partial charge on any atom is 0.138 e. The SMILES string of the molecule is [B]c1ccc2ccnc(Nc3ccc(NCC4CCc5ccccc5C4)cc3)c2c1. The van der Waals surface area contributed by atoms with Crippen LogP contribution >= 0.6 is 0 Å². The van der Waals surface area contributed by atoms with Crippen LogP contribution in [0.1, 0.15) is 17.5 Å². The summed E-state index contributed by atoms with van der Waals surface area (Å²) >= 11 is 0. The minimum atomic E-state index is 0.683. The number of anilines is 3. The number of aromatic nitrogens is 1. The molecule has 0 amide bonds. The van der Waals surface area contributed by atoms with Crippen LogP contribution in [0.15, 0.2) is 79.0 Å². The van der Waals surface area contributed by atoms with Gasteiger partial charge >= 0.3 is 0 Å². The fraction of sp³-hybridized carbons (Fsp3) is 0.192. The highest BCUT2D eigenvalue weighted by atomic mass is 15.0. The van der Waals surface area contributed by atoms with E-state index in [0.29, 0.717) is 5.92 Å². The van der Waals surface area contributed by atoms with Gasteiger partial charge in [-0.25, -0.2) is 4.98 Å². The molecule has 30 heavy (non-hydrogen) atoms. The van der Waals surface area contributed by atoms with Crippen molar-refractivity contribution in [2.45, 2.75) is 19.3 Å². The first kappa shape index (κ1) is 18.7. The van der Waals surface area contributed by atoms with E-state index >= 15 is 0 Å². The van der Waals surface area contributed by atoms with Gasteiger partial charge in [-0.2, -0.15) is 0 Å². The average molecular weight is 389 g/mol. The Morgan fingerprint density at radius 2 is 1.70 bits per heavy atom. The molecular formula is C26H24BN3. The number of aryl methyl sites for hydroxylation is 1. The Hall–Kier alpha value is -3.27. The molecule has 1 heterocycles. The molecular weight excluding hydrogens is 365 g/mol.